The second kappa shape index (κ2) is 10.0. The highest BCUT2D eigenvalue weighted by molar-refractivity contribution is 6.50. The molecule has 0 radical (unpaired) electrons. The predicted molar refractivity (Wildman–Crippen MR) is 71.3 cm³/mol. The summed E-state index contributed by atoms with van der Waals surface area (Å²) in [6.45, 7) is 0. The van der Waals surface area contributed by atoms with Crippen LogP contribution in [0.4, 0.5) is 17.3 Å². The van der Waals surface area contributed by atoms with E-state index in [1.165, 1.54) is 7.11 Å². The van der Waals surface area contributed by atoms with Crippen LogP contribution >= 0.6 is 0 Å². The summed E-state index contributed by atoms with van der Waals surface area (Å²) in [5, 5.41) is 0. The van der Waals surface area contributed by atoms with E-state index in [4.69, 9.17) is 0 Å². The third kappa shape index (κ3) is 18.6. The summed E-state index contributed by atoms with van der Waals surface area (Å²) in [4.78, 5) is 13.2. The van der Waals surface area contributed by atoms with Gasteiger partial charge in [-0.1, -0.05) is 0 Å². The minimum Gasteiger partial charge on any atom is -0.465 e. The molecule has 0 amide bonds. The number of rotatable bonds is 4. The van der Waals surface area contributed by atoms with Crippen LogP contribution in [0.3, 0.4) is 0 Å². The minimum atomic E-state index is -6.00. The van der Waals surface area contributed by atoms with Gasteiger partial charge in [0.05, 0.1) is 7.11 Å². The van der Waals surface area contributed by atoms with E-state index in [0.29, 0.717) is 5.57 Å². The zero-order chi connectivity index (χ0) is 16.3. The Balaban J connectivity index is 0. The summed E-state index contributed by atoms with van der Waals surface area (Å²) in [5.41, 5.74) is 0.514. The van der Waals surface area contributed by atoms with Gasteiger partial charge in [-0.3, -0.25) is 0 Å². The van der Waals surface area contributed by atoms with Gasteiger partial charge >= 0.3 is 13.2 Å². The van der Waals surface area contributed by atoms with Gasteiger partial charge in [-0.15, -0.1) is 0 Å². The number of ether oxygens (including phenoxy) is 1. The van der Waals surface area contributed by atoms with E-state index in [2.05, 4.69) is 4.74 Å². The van der Waals surface area contributed by atoms with Crippen molar-refractivity contribution in [1.29, 1.82) is 0 Å². The first kappa shape index (κ1) is 20.5. The molecular weight excluding hydrogens is 279 g/mol. The van der Waals surface area contributed by atoms with Crippen molar-refractivity contribution in [3.63, 3.8) is 0 Å². The lowest BCUT2D eigenvalue weighted by Gasteiger charge is -2.01. The van der Waals surface area contributed by atoms with Gasteiger partial charge in [0.1, 0.15) is 19.7 Å². The van der Waals surface area contributed by atoms with Gasteiger partial charge in [0.15, 0.2) is 6.21 Å². The van der Waals surface area contributed by atoms with Crippen LogP contribution in [-0.2, 0) is 9.53 Å². The van der Waals surface area contributed by atoms with Crippen LogP contribution in [0.15, 0.2) is 23.9 Å². The van der Waals surface area contributed by atoms with Gasteiger partial charge in [-0.05, 0) is 18.4 Å². The Morgan fingerprint density at radius 2 is 1.65 bits per heavy atom. The number of halogens is 4. The molecule has 0 spiro atoms. The molecule has 0 aliphatic rings. The van der Waals surface area contributed by atoms with Crippen LogP contribution in [0.25, 0.3) is 0 Å². The molecule has 0 saturated carbocycles. The van der Waals surface area contributed by atoms with Crippen LogP contribution in [0.5, 0.6) is 0 Å². The molecule has 0 aliphatic carbocycles. The van der Waals surface area contributed by atoms with Crippen molar-refractivity contribution in [2.24, 2.45) is 0 Å². The van der Waals surface area contributed by atoms with Crippen molar-refractivity contribution >= 4 is 19.4 Å². The Bertz CT molecular complexity index is 380. The van der Waals surface area contributed by atoms with Crippen molar-refractivity contribution in [3.8, 4) is 0 Å². The minimum absolute atomic E-state index is 0.341. The van der Waals surface area contributed by atoms with E-state index in [1.807, 2.05) is 39.3 Å². The Kier molecular flexibility index (Phi) is 10.3. The van der Waals surface area contributed by atoms with Crippen LogP contribution in [0.1, 0.15) is 0 Å². The van der Waals surface area contributed by atoms with E-state index in [-0.39, 0.29) is 5.97 Å². The zero-order valence-corrected chi connectivity index (χ0v) is 12.1. The van der Waals surface area contributed by atoms with E-state index < -0.39 is 7.25 Å². The molecule has 0 aromatic heterocycles. The third-order valence-corrected chi connectivity index (χ3v) is 1.48. The normalized spacial score (nSPS) is 11.6. The van der Waals surface area contributed by atoms with Gasteiger partial charge < -0.3 is 26.9 Å². The van der Waals surface area contributed by atoms with Crippen molar-refractivity contribution in [3.05, 3.63) is 23.9 Å². The fraction of sp³-hybridized carbons (Fsp3) is 0.455. The fourth-order valence-electron chi connectivity index (χ4n) is 0.879. The SMILES string of the molecule is COC(=O)C(=CC=CN(C)C)C=[N+](C)C.F[B-](F)(F)F. The number of carbonyl (C=O) groups excluding carboxylic acids is 1. The molecule has 0 atom stereocenters. The predicted octanol–water partition coefficient (Wildman–Crippen LogP) is 1.80. The molecule has 0 saturated heterocycles. The van der Waals surface area contributed by atoms with Crippen LogP contribution in [-0.4, -0.2) is 64.2 Å². The average molecular weight is 298 g/mol. The van der Waals surface area contributed by atoms with Crippen LogP contribution in [0, 0.1) is 0 Å². The molecule has 9 heteroatoms. The molecule has 0 heterocycles. The smallest absolute Gasteiger partial charge is 0.465 e. The van der Waals surface area contributed by atoms with E-state index in [0.717, 1.165) is 0 Å². The summed E-state index contributed by atoms with van der Waals surface area (Å²) in [5.74, 6) is -0.341. The molecular formula is C11H19BF4N2O2. The summed E-state index contributed by atoms with van der Waals surface area (Å²) in [6, 6.07) is 0. The molecule has 116 valence electrons. The lowest BCUT2D eigenvalue weighted by atomic mass is 10.2. The lowest BCUT2D eigenvalue weighted by molar-refractivity contribution is -0.458. The summed E-state index contributed by atoms with van der Waals surface area (Å²) < 4.78 is 45.5. The highest BCUT2D eigenvalue weighted by Gasteiger charge is 2.20. The zero-order valence-electron chi connectivity index (χ0n) is 12.1. The number of carbonyl (C=O) groups is 1. The molecule has 20 heavy (non-hydrogen) atoms. The second-order valence-corrected chi connectivity index (χ2v) is 4.01. The molecule has 4 nitrogen and oxygen atoms in total. The maximum Gasteiger partial charge on any atom is 0.673 e. The van der Waals surface area contributed by atoms with Gasteiger partial charge in [-0.25, -0.2) is 9.37 Å². The van der Waals surface area contributed by atoms with E-state index in [9.17, 15) is 22.1 Å². The highest BCUT2D eigenvalue weighted by Crippen LogP contribution is 2.06. The third-order valence-electron chi connectivity index (χ3n) is 1.48. The first-order chi connectivity index (χ1) is 8.97. The maximum absolute atomic E-state index is 11.3. The number of methoxy groups -OCH3 is 1. The first-order valence-corrected chi connectivity index (χ1v) is 5.49. The van der Waals surface area contributed by atoms with Crippen molar-refractivity contribution in [2.75, 3.05) is 35.3 Å². The maximum atomic E-state index is 11.3. The molecule has 0 aromatic carbocycles. The Morgan fingerprint density at radius 3 is 1.95 bits per heavy atom. The van der Waals surface area contributed by atoms with Gasteiger partial charge in [0.2, 0.25) is 0 Å². The van der Waals surface area contributed by atoms with Crippen molar-refractivity contribution in [1.82, 2.24) is 4.90 Å². The molecule has 0 N–H and O–H groups in total. The molecule has 0 aromatic rings. The number of esters is 1. The summed E-state index contributed by atoms with van der Waals surface area (Å²) in [6.07, 6.45) is 7.08. The van der Waals surface area contributed by atoms with E-state index in [1.54, 1.807) is 22.9 Å². The topological polar surface area (TPSA) is 32.5 Å². The van der Waals surface area contributed by atoms with Crippen LogP contribution < -0.4 is 0 Å². The lowest BCUT2D eigenvalue weighted by Crippen LogP contribution is -2.11. The van der Waals surface area contributed by atoms with Gasteiger partial charge in [0, 0.05) is 14.1 Å². The largest absolute Gasteiger partial charge is 0.673 e. The average Bonchev–Trinajstić information content (AvgIpc) is 2.23. The Morgan fingerprint density at radius 1 is 1.20 bits per heavy atom. The number of hydrogen-bond acceptors (Lipinski definition) is 3. The summed E-state index contributed by atoms with van der Waals surface area (Å²) >= 11 is 0. The first-order valence-electron chi connectivity index (χ1n) is 5.49. The number of nitrogens with zero attached hydrogens (tertiary/aromatic N) is 2. The van der Waals surface area contributed by atoms with Crippen molar-refractivity contribution < 1.29 is 31.4 Å². The molecule has 0 aliphatic heterocycles. The van der Waals surface area contributed by atoms with Gasteiger partial charge in [0.25, 0.3) is 0 Å². The fourth-order valence-corrected chi connectivity index (χ4v) is 0.879. The number of allylic oxidation sites excluding steroid dienone is 2. The standard InChI is InChI=1S/C11H19N2O2.BF4/c1-12(2)8-6-7-10(9-13(3)4)11(14)15-5;2-1(3,4)5/h6-9H,1-5H3;/q+1;-1. The Hall–Kier alpha value is -1.80. The van der Waals surface area contributed by atoms with Gasteiger partial charge in [-0.2, -0.15) is 0 Å². The molecule has 0 fully saturated rings. The number of hydrogen-bond donors (Lipinski definition) is 0. The summed E-state index contributed by atoms with van der Waals surface area (Å²) in [7, 11) is 2.91. The quantitative estimate of drug-likeness (QED) is 0.151. The van der Waals surface area contributed by atoms with E-state index >= 15 is 0 Å². The molecule has 0 unspecified atom stereocenters. The second-order valence-electron chi connectivity index (χ2n) is 4.01. The molecule has 0 bridgehead atoms. The van der Waals surface area contributed by atoms with Crippen molar-refractivity contribution in [2.45, 2.75) is 0 Å². The van der Waals surface area contributed by atoms with Crippen LogP contribution in [0.2, 0.25) is 0 Å². The Labute approximate surface area is 116 Å². The monoisotopic (exact) mass is 298 g/mol. The molecule has 0 rings (SSSR count). The highest BCUT2D eigenvalue weighted by atomic mass is 19.5.